The molecule has 142 valence electrons. The fraction of sp³-hybridized carbons (Fsp3) is 0.500. The lowest BCUT2D eigenvalue weighted by molar-refractivity contribution is -0.334. The van der Waals surface area contributed by atoms with Crippen molar-refractivity contribution in [2.45, 2.75) is 32.1 Å². The fourth-order valence-corrected chi connectivity index (χ4v) is 3.20. The van der Waals surface area contributed by atoms with Crippen LogP contribution in [0.3, 0.4) is 0 Å². The number of hydrogen-bond donors (Lipinski definition) is 0. The molecule has 1 aliphatic heterocycles. The molecule has 0 saturated carbocycles. The summed E-state index contributed by atoms with van der Waals surface area (Å²) in [5.41, 5.74) is -2.16. The second kappa shape index (κ2) is 5.88. The Kier molecular flexibility index (Phi) is 4.19. The van der Waals surface area contributed by atoms with E-state index in [4.69, 9.17) is 0 Å². The summed E-state index contributed by atoms with van der Waals surface area (Å²) in [7, 11) is 0. The maximum absolute atomic E-state index is 13.1. The van der Waals surface area contributed by atoms with E-state index in [-0.39, 0.29) is 6.42 Å². The number of fused-ring (bicyclic) bond motifs is 1. The van der Waals surface area contributed by atoms with Crippen LogP contribution in [0.15, 0.2) is 24.5 Å². The van der Waals surface area contributed by atoms with Gasteiger partial charge < -0.3 is 9.30 Å². The van der Waals surface area contributed by atoms with Gasteiger partial charge in [-0.05, 0) is 25.0 Å². The maximum atomic E-state index is 13.1. The molecule has 2 aromatic heterocycles. The average molecular weight is 379 g/mol. The number of alkyl halides is 6. The van der Waals surface area contributed by atoms with Gasteiger partial charge in [0.05, 0.1) is 12.1 Å². The van der Waals surface area contributed by atoms with Gasteiger partial charge in [0.1, 0.15) is 5.65 Å². The minimum Gasteiger partial charge on any atom is -0.341 e. The zero-order valence-electron chi connectivity index (χ0n) is 13.7. The molecule has 2 aromatic rings. The Morgan fingerprint density at radius 1 is 1.23 bits per heavy atom. The molecule has 3 rings (SSSR count). The van der Waals surface area contributed by atoms with Crippen LogP contribution in [0.4, 0.5) is 26.3 Å². The molecule has 0 atom stereocenters. The average Bonchev–Trinajstić information content (AvgIpc) is 3.10. The minimum atomic E-state index is -5.47. The van der Waals surface area contributed by atoms with E-state index < -0.39 is 43.2 Å². The van der Waals surface area contributed by atoms with Crippen LogP contribution in [0.2, 0.25) is 0 Å². The molecule has 1 saturated heterocycles. The van der Waals surface area contributed by atoms with Gasteiger partial charge in [0.2, 0.25) is 5.91 Å². The number of nitrogens with zero attached hydrogens (tertiary/aromatic N) is 3. The standard InChI is InChI=1S/C16H15F6N3O/c1-10-3-2-5-24-8-11(23-13(10)24)7-12(26)25-6-4-14(9-25,15(17,18)19)16(20,21)22/h2-3,5,8H,4,6-7,9H2,1H3. The molecule has 26 heavy (non-hydrogen) atoms. The van der Waals surface area contributed by atoms with Crippen molar-refractivity contribution >= 4 is 11.6 Å². The van der Waals surface area contributed by atoms with Crippen molar-refractivity contribution in [3.8, 4) is 0 Å². The summed E-state index contributed by atoms with van der Waals surface area (Å²) in [5, 5.41) is 0. The second-order valence-corrected chi connectivity index (χ2v) is 6.47. The second-order valence-electron chi connectivity index (χ2n) is 6.47. The SMILES string of the molecule is Cc1cccn2cc(CC(=O)N3CCC(C(F)(F)F)(C(F)(F)F)C3)nc12. The van der Waals surface area contributed by atoms with Crippen LogP contribution in [0.5, 0.6) is 0 Å². The van der Waals surface area contributed by atoms with Crippen molar-refractivity contribution < 1.29 is 31.1 Å². The summed E-state index contributed by atoms with van der Waals surface area (Å²) in [4.78, 5) is 17.1. The van der Waals surface area contributed by atoms with Gasteiger partial charge in [-0.25, -0.2) is 4.98 Å². The van der Waals surface area contributed by atoms with E-state index in [2.05, 4.69) is 4.98 Å². The number of rotatable bonds is 2. The van der Waals surface area contributed by atoms with Crippen molar-refractivity contribution in [1.29, 1.82) is 0 Å². The van der Waals surface area contributed by atoms with E-state index in [0.717, 1.165) is 5.56 Å². The Morgan fingerprint density at radius 2 is 1.88 bits per heavy atom. The number of carbonyl (C=O) groups is 1. The molecule has 0 N–H and O–H groups in total. The first-order chi connectivity index (χ1) is 11.9. The molecule has 3 heterocycles. The Hall–Kier alpha value is -2.26. The van der Waals surface area contributed by atoms with Gasteiger partial charge in [0.15, 0.2) is 5.41 Å². The van der Waals surface area contributed by atoms with E-state index in [9.17, 15) is 31.1 Å². The number of likely N-dealkylation sites (tertiary alicyclic amines) is 1. The lowest BCUT2D eigenvalue weighted by Gasteiger charge is -2.33. The van der Waals surface area contributed by atoms with Crippen LogP contribution in [0, 0.1) is 12.3 Å². The minimum absolute atomic E-state index is 0.292. The number of amides is 1. The largest absolute Gasteiger partial charge is 0.404 e. The van der Waals surface area contributed by atoms with E-state index in [0.29, 0.717) is 16.2 Å². The van der Waals surface area contributed by atoms with Gasteiger partial charge >= 0.3 is 12.4 Å². The van der Waals surface area contributed by atoms with Gasteiger partial charge in [-0.15, -0.1) is 0 Å². The number of hydrogen-bond acceptors (Lipinski definition) is 2. The highest BCUT2D eigenvalue weighted by Gasteiger charge is 2.72. The van der Waals surface area contributed by atoms with Gasteiger partial charge in [-0.2, -0.15) is 26.3 Å². The molecule has 0 unspecified atom stereocenters. The Morgan fingerprint density at radius 3 is 2.42 bits per heavy atom. The molecule has 10 heteroatoms. The van der Waals surface area contributed by atoms with Crippen LogP contribution in [0.25, 0.3) is 5.65 Å². The van der Waals surface area contributed by atoms with Gasteiger partial charge in [-0.3, -0.25) is 4.79 Å². The summed E-state index contributed by atoms with van der Waals surface area (Å²) in [6.45, 7) is -0.203. The van der Waals surface area contributed by atoms with Crippen molar-refractivity contribution in [2.24, 2.45) is 5.41 Å². The summed E-state index contributed by atoms with van der Waals surface area (Å²) in [6.07, 6.45) is -9.25. The fourth-order valence-electron chi connectivity index (χ4n) is 3.20. The van der Waals surface area contributed by atoms with E-state index in [1.807, 2.05) is 0 Å². The topological polar surface area (TPSA) is 37.6 Å². The van der Waals surface area contributed by atoms with Crippen molar-refractivity contribution in [3.63, 3.8) is 0 Å². The number of pyridine rings is 1. The summed E-state index contributed by atoms with van der Waals surface area (Å²) >= 11 is 0. The molecule has 0 bridgehead atoms. The van der Waals surface area contributed by atoms with Crippen LogP contribution >= 0.6 is 0 Å². The highest BCUT2D eigenvalue weighted by atomic mass is 19.4. The molecular weight excluding hydrogens is 364 g/mol. The molecule has 4 nitrogen and oxygen atoms in total. The first-order valence-corrected chi connectivity index (χ1v) is 7.79. The molecule has 1 aliphatic rings. The zero-order chi connectivity index (χ0) is 19.3. The van der Waals surface area contributed by atoms with E-state index in [1.54, 1.807) is 29.7 Å². The number of aryl methyl sites for hydroxylation is 1. The predicted molar refractivity (Wildman–Crippen MR) is 79.4 cm³/mol. The highest BCUT2D eigenvalue weighted by molar-refractivity contribution is 5.79. The monoisotopic (exact) mass is 379 g/mol. The van der Waals surface area contributed by atoms with Crippen molar-refractivity contribution in [2.75, 3.05) is 13.1 Å². The highest BCUT2D eigenvalue weighted by Crippen LogP contribution is 2.55. The maximum Gasteiger partial charge on any atom is 0.404 e. The lowest BCUT2D eigenvalue weighted by Crippen LogP contribution is -2.52. The summed E-state index contributed by atoms with van der Waals surface area (Å²) in [6, 6.07) is 3.56. The molecule has 1 fully saturated rings. The molecule has 0 aliphatic carbocycles. The number of aromatic nitrogens is 2. The normalized spacial score (nSPS) is 17.9. The van der Waals surface area contributed by atoms with Crippen LogP contribution < -0.4 is 0 Å². The smallest absolute Gasteiger partial charge is 0.341 e. The van der Waals surface area contributed by atoms with Crippen LogP contribution in [-0.4, -0.2) is 45.6 Å². The Bertz CT molecular complexity index is 825. The van der Waals surface area contributed by atoms with Crippen molar-refractivity contribution in [3.05, 3.63) is 35.8 Å². The first kappa shape index (κ1) is 18.5. The van der Waals surface area contributed by atoms with E-state index >= 15 is 0 Å². The Labute approximate surface area is 144 Å². The summed E-state index contributed by atoms with van der Waals surface area (Å²) in [5.74, 6) is -0.804. The molecule has 1 amide bonds. The third-order valence-electron chi connectivity index (χ3n) is 4.77. The van der Waals surface area contributed by atoms with Crippen LogP contribution in [0.1, 0.15) is 17.7 Å². The van der Waals surface area contributed by atoms with E-state index in [1.165, 1.54) is 6.20 Å². The Balaban J connectivity index is 1.79. The first-order valence-electron chi connectivity index (χ1n) is 7.79. The lowest BCUT2D eigenvalue weighted by atomic mass is 9.85. The molecule has 0 radical (unpaired) electrons. The number of halogens is 6. The predicted octanol–water partition coefficient (Wildman–Crippen LogP) is 3.53. The molecule has 0 aromatic carbocycles. The van der Waals surface area contributed by atoms with Gasteiger partial charge in [0.25, 0.3) is 0 Å². The van der Waals surface area contributed by atoms with Crippen LogP contribution in [-0.2, 0) is 11.2 Å². The third-order valence-corrected chi connectivity index (χ3v) is 4.77. The van der Waals surface area contributed by atoms with Gasteiger partial charge in [-0.1, -0.05) is 6.07 Å². The number of carbonyl (C=O) groups excluding carboxylic acids is 1. The van der Waals surface area contributed by atoms with Crippen molar-refractivity contribution in [1.82, 2.24) is 14.3 Å². The number of imidazole rings is 1. The quantitative estimate of drug-likeness (QED) is 0.749. The van der Waals surface area contributed by atoms with Gasteiger partial charge in [0, 0.05) is 25.5 Å². The zero-order valence-corrected chi connectivity index (χ0v) is 13.7. The molecule has 0 spiro atoms. The molecular formula is C16H15F6N3O. The third kappa shape index (κ3) is 2.90. The summed E-state index contributed by atoms with van der Waals surface area (Å²) < 4.78 is 80.2.